The summed E-state index contributed by atoms with van der Waals surface area (Å²) < 4.78 is 0. The third kappa shape index (κ3) is 2.24. The maximum Gasteiger partial charge on any atom is 0.168 e. The van der Waals surface area contributed by atoms with E-state index in [1.807, 2.05) is 30.3 Å². The van der Waals surface area contributed by atoms with Crippen LogP contribution in [0, 0.1) is 11.3 Å². The number of hydrogen-bond acceptors (Lipinski definition) is 3. The number of carbonyl (C=O) groups is 1. The largest absolute Gasteiger partial charge is 0.374 e. The summed E-state index contributed by atoms with van der Waals surface area (Å²) >= 11 is 0. The number of carbonyl (C=O) groups excluding carboxylic acids is 1. The molecule has 1 N–H and O–H groups in total. The highest BCUT2D eigenvalue weighted by Crippen LogP contribution is 2.43. The second-order valence-electron chi connectivity index (χ2n) is 6.05. The van der Waals surface area contributed by atoms with E-state index in [9.17, 15) is 4.79 Å². The van der Waals surface area contributed by atoms with E-state index in [1.165, 1.54) is 0 Å². The third-order valence-corrected chi connectivity index (χ3v) is 4.74. The molecule has 0 aromatic heterocycles. The van der Waals surface area contributed by atoms with Crippen LogP contribution in [0.15, 0.2) is 60.2 Å². The number of rotatable bonds is 1. The molecule has 1 aliphatic carbocycles. The van der Waals surface area contributed by atoms with Gasteiger partial charge in [-0.25, -0.2) is 0 Å². The van der Waals surface area contributed by atoms with E-state index >= 15 is 0 Å². The number of benzene rings is 2. The van der Waals surface area contributed by atoms with Crippen LogP contribution in [0.4, 0.5) is 5.69 Å². The van der Waals surface area contributed by atoms with Crippen LogP contribution in [0.25, 0.3) is 0 Å². The predicted molar refractivity (Wildman–Crippen MR) is 89.0 cm³/mol. The molecule has 3 heteroatoms. The molecule has 0 fully saturated rings. The Hall–Kier alpha value is -2.86. The zero-order chi connectivity index (χ0) is 15.8. The van der Waals surface area contributed by atoms with Gasteiger partial charge in [-0.05, 0) is 42.2 Å². The lowest BCUT2D eigenvalue weighted by Crippen LogP contribution is -2.22. The zero-order valence-corrected chi connectivity index (χ0v) is 12.6. The number of anilines is 1. The highest BCUT2D eigenvalue weighted by atomic mass is 16.1. The Labute approximate surface area is 135 Å². The molecule has 0 amide bonds. The van der Waals surface area contributed by atoms with Crippen molar-refractivity contribution in [2.24, 2.45) is 0 Å². The fourth-order valence-corrected chi connectivity index (χ4v) is 3.57. The molecule has 2 bridgehead atoms. The first kappa shape index (κ1) is 13.8. The SMILES string of the molecule is N#Cc1ccc(C2Nc3ccccc3C3CCC=C2C3=O)cc1. The Balaban J connectivity index is 1.84. The maximum atomic E-state index is 12.9. The first-order valence-corrected chi connectivity index (χ1v) is 7.87. The second kappa shape index (κ2) is 5.40. The molecule has 1 aliphatic heterocycles. The summed E-state index contributed by atoms with van der Waals surface area (Å²) in [6.45, 7) is 0. The van der Waals surface area contributed by atoms with Crippen LogP contribution in [-0.2, 0) is 4.79 Å². The first-order valence-electron chi connectivity index (χ1n) is 7.87. The van der Waals surface area contributed by atoms with Crippen molar-refractivity contribution in [3.05, 3.63) is 76.9 Å². The van der Waals surface area contributed by atoms with Gasteiger partial charge in [0, 0.05) is 17.2 Å². The van der Waals surface area contributed by atoms with Crippen LogP contribution < -0.4 is 5.32 Å². The number of nitrogens with zero attached hydrogens (tertiary/aromatic N) is 1. The third-order valence-electron chi connectivity index (χ3n) is 4.74. The van der Waals surface area contributed by atoms with Gasteiger partial charge in [0.1, 0.15) is 0 Å². The standard InChI is InChI=1S/C20H16N2O/c21-12-13-8-10-14(11-9-13)19-17-6-3-5-16(20(17)23)15-4-1-2-7-18(15)22-19/h1-2,4,6-11,16,19,22H,3,5H2. The van der Waals surface area contributed by atoms with Crippen molar-refractivity contribution in [1.29, 1.82) is 5.26 Å². The molecule has 0 saturated heterocycles. The highest BCUT2D eigenvalue weighted by molar-refractivity contribution is 6.04. The van der Waals surface area contributed by atoms with E-state index in [0.29, 0.717) is 5.56 Å². The number of hydrogen-bond donors (Lipinski definition) is 1. The minimum Gasteiger partial charge on any atom is -0.374 e. The Morgan fingerprint density at radius 2 is 1.87 bits per heavy atom. The summed E-state index contributed by atoms with van der Waals surface area (Å²) in [6.07, 6.45) is 3.87. The Morgan fingerprint density at radius 1 is 1.09 bits per heavy atom. The fourth-order valence-electron chi connectivity index (χ4n) is 3.57. The molecule has 0 spiro atoms. The van der Waals surface area contributed by atoms with Crippen molar-refractivity contribution in [2.75, 3.05) is 5.32 Å². The number of nitriles is 1. The summed E-state index contributed by atoms with van der Waals surface area (Å²) in [4.78, 5) is 12.9. The minimum atomic E-state index is -0.151. The van der Waals surface area contributed by atoms with E-state index < -0.39 is 0 Å². The van der Waals surface area contributed by atoms with Crippen molar-refractivity contribution in [2.45, 2.75) is 24.8 Å². The van der Waals surface area contributed by atoms with Crippen LogP contribution in [0.1, 0.15) is 41.5 Å². The topological polar surface area (TPSA) is 52.9 Å². The Kier molecular flexibility index (Phi) is 3.24. The Morgan fingerprint density at radius 3 is 2.65 bits per heavy atom. The molecule has 2 atom stereocenters. The lowest BCUT2D eigenvalue weighted by molar-refractivity contribution is -0.117. The highest BCUT2D eigenvalue weighted by Gasteiger charge is 2.36. The molecule has 1 heterocycles. The van der Waals surface area contributed by atoms with Crippen LogP contribution in [0.5, 0.6) is 0 Å². The molecule has 2 aromatic carbocycles. The number of nitrogens with one attached hydrogen (secondary N) is 1. The molecular formula is C20H16N2O. The normalized spacial score (nSPS) is 22.2. The number of fused-ring (bicyclic) bond motifs is 4. The zero-order valence-electron chi connectivity index (χ0n) is 12.6. The summed E-state index contributed by atoms with van der Waals surface area (Å²) in [5, 5.41) is 12.5. The van der Waals surface area contributed by atoms with Gasteiger partial charge >= 0.3 is 0 Å². The number of allylic oxidation sites excluding steroid dienone is 1. The van der Waals surface area contributed by atoms with E-state index in [-0.39, 0.29) is 17.7 Å². The van der Waals surface area contributed by atoms with Crippen molar-refractivity contribution < 1.29 is 4.79 Å². The smallest absolute Gasteiger partial charge is 0.168 e. The van der Waals surface area contributed by atoms with Crippen molar-refractivity contribution in [3.8, 4) is 6.07 Å². The average Bonchev–Trinajstić information content (AvgIpc) is 2.67. The molecule has 0 radical (unpaired) electrons. The number of ketones is 1. The van der Waals surface area contributed by atoms with E-state index in [1.54, 1.807) is 12.1 Å². The molecule has 3 nitrogen and oxygen atoms in total. The summed E-state index contributed by atoms with van der Waals surface area (Å²) in [7, 11) is 0. The summed E-state index contributed by atoms with van der Waals surface area (Å²) in [5.41, 5.74) is 4.62. The van der Waals surface area contributed by atoms with Crippen LogP contribution >= 0.6 is 0 Å². The first-order chi connectivity index (χ1) is 11.3. The predicted octanol–water partition coefficient (Wildman–Crippen LogP) is 4.10. The number of Topliss-reactive ketones (excluding diaryl/α,β-unsaturated/α-hetero) is 1. The van der Waals surface area contributed by atoms with Gasteiger partial charge < -0.3 is 5.32 Å². The lowest BCUT2D eigenvalue weighted by atomic mass is 9.80. The summed E-state index contributed by atoms with van der Waals surface area (Å²) in [6, 6.07) is 17.5. The average molecular weight is 300 g/mol. The van der Waals surface area contributed by atoms with Gasteiger partial charge in [-0.1, -0.05) is 36.4 Å². The van der Waals surface area contributed by atoms with E-state index in [4.69, 9.17) is 5.26 Å². The maximum absolute atomic E-state index is 12.9. The minimum absolute atomic E-state index is 0.0397. The molecule has 2 aromatic rings. The van der Waals surface area contributed by atoms with Gasteiger partial charge in [-0.3, -0.25) is 4.79 Å². The van der Waals surface area contributed by atoms with E-state index in [0.717, 1.165) is 35.2 Å². The van der Waals surface area contributed by atoms with Gasteiger partial charge in [0.25, 0.3) is 0 Å². The summed E-state index contributed by atoms with van der Waals surface area (Å²) in [5.74, 6) is 0.185. The van der Waals surface area contributed by atoms with Gasteiger partial charge in [0.2, 0.25) is 0 Å². The van der Waals surface area contributed by atoms with Crippen LogP contribution in [0.2, 0.25) is 0 Å². The van der Waals surface area contributed by atoms with Crippen molar-refractivity contribution in [1.82, 2.24) is 0 Å². The molecule has 2 unspecified atom stereocenters. The van der Waals surface area contributed by atoms with Gasteiger partial charge in [0.15, 0.2) is 5.78 Å². The second-order valence-corrected chi connectivity index (χ2v) is 6.05. The van der Waals surface area contributed by atoms with Gasteiger partial charge in [-0.15, -0.1) is 0 Å². The van der Waals surface area contributed by atoms with Gasteiger partial charge in [-0.2, -0.15) is 5.26 Å². The van der Waals surface area contributed by atoms with Crippen molar-refractivity contribution in [3.63, 3.8) is 0 Å². The fraction of sp³-hybridized carbons (Fsp3) is 0.200. The molecule has 112 valence electrons. The molecule has 4 rings (SSSR count). The van der Waals surface area contributed by atoms with Crippen molar-refractivity contribution >= 4 is 11.5 Å². The monoisotopic (exact) mass is 300 g/mol. The molecule has 0 saturated carbocycles. The molecule has 23 heavy (non-hydrogen) atoms. The molecule has 2 aliphatic rings. The van der Waals surface area contributed by atoms with E-state index in [2.05, 4.69) is 23.5 Å². The quantitative estimate of drug-likeness (QED) is 0.862. The van der Waals surface area contributed by atoms with Crippen LogP contribution in [0.3, 0.4) is 0 Å². The van der Waals surface area contributed by atoms with Crippen LogP contribution in [-0.4, -0.2) is 5.78 Å². The lowest BCUT2D eigenvalue weighted by Gasteiger charge is -2.23. The Bertz CT molecular complexity index is 843. The van der Waals surface area contributed by atoms with Gasteiger partial charge in [0.05, 0.1) is 17.7 Å². The molecular weight excluding hydrogens is 284 g/mol. The number of para-hydroxylation sites is 1.